The Kier molecular flexibility index (Phi) is 5.19. The number of ether oxygens (including phenoxy) is 1. The molecule has 1 fully saturated rings. The van der Waals surface area contributed by atoms with Crippen molar-refractivity contribution in [2.24, 2.45) is 0 Å². The van der Waals surface area contributed by atoms with Gasteiger partial charge in [-0.25, -0.2) is 4.79 Å². The lowest BCUT2D eigenvalue weighted by molar-refractivity contribution is -0.149. The highest BCUT2D eigenvalue weighted by Gasteiger charge is 2.18. The van der Waals surface area contributed by atoms with E-state index in [2.05, 4.69) is 5.32 Å². The second-order valence-electron chi connectivity index (χ2n) is 2.24. The summed E-state index contributed by atoms with van der Waals surface area (Å²) in [6, 6.07) is 0. The molecule has 5 heteroatoms. The molecule has 2 N–H and O–H groups in total. The number of hydrogen-bond acceptors (Lipinski definition) is 3. The minimum Gasteiger partial charge on any atom is -0.479 e. The fourth-order valence-electron chi connectivity index (χ4n) is 0.910. The highest BCUT2D eigenvalue weighted by Crippen LogP contribution is 1.99. The predicted octanol–water partition coefficient (Wildman–Crippen LogP) is -0.129. The molecule has 1 saturated heterocycles. The number of aliphatic carboxylic acids is 1. The summed E-state index contributed by atoms with van der Waals surface area (Å²) in [5, 5.41) is 11.6. The normalized spacial score (nSPS) is 24.9. The Hall–Kier alpha value is -0.320. The lowest BCUT2D eigenvalue weighted by Crippen LogP contribution is -2.24. The maximum atomic E-state index is 10.4. The molecule has 0 saturated carbocycles. The zero-order valence-corrected chi connectivity index (χ0v) is 6.89. The van der Waals surface area contributed by atoms with Crippen molar-refractivity contribution in [2.75, 3.05) is 19.7 Å². The molecule has 4 nitrogen and oxygen atoms in total. The smallest absolute Gasteiger partial charge is 0.332 e. The second kappa shape index (κ2) is 5.35. The van der Waals surface area contributed by atoms with Crippen LogP contribution in [0.4, 0.5) is 0 Å². The Morgan fingerprint density at radius 1 is 1.55 bits per heavy atom. The van der Waals surface area contributed by atoms with Crippen molar-refractivity contribution in [3.05, 3.63) is 0 Å². The van der Waals surface area contributed by atoms with Gasteiger partial charge in [0.05, 0.1) is 6.61 Å². The molecule has 0 aliphatic carbocycles. The van der Waals surface area contributed by atoms with E-state index < -0.39 is 12.1 Å². The Bertz CT molecular complexity index is 123. The first-order valence-electron chi connectivity index (χ1n) is 3.36. The molecular formula is C6H12ClNO3. The van der Waals surface area contributed by atoms with Gasteiger partial charge in [0, 0.05) is 6.54 Å². The molecule has 0 aromatic carbocycles. The van der Waals surface area contributed by atoms with Crippen LogP contribution in [-0.2, 0) is 9.53 Å². The second-order valence-corrected chi connectivity index (χ2v) is 2.24. The molecule has 1 unspecified atom stereocenters. The Morgan fingerprint density at radius 2 is 2.27 bits per heavy atom. The number of rotatable bonds is 1. The van der Waals surface area contributed by atoms with Crippen molar-refractivity contribution in [2.45, 2.75) is 12.5 Å². The third-order valence-electron chi connectivity index (χ3n) is 1.46. The molecule has 0 aromatic rings. The van der Waals surface area contributed by atoms with Crippen LogP contribution in [0.2, 0.25) is 0 Å². The summed E-state index contributed by atoms with van der Waals surface area (Å²) in [6.07, 6.45) is -0.0370. The van der Waals surface area contributed by atoms with E-state index in [9.17, 15) is 4.79 Å². The molecular weight excluding hydrogens is 170 g/mol. The van der Waals surface area contributed by atoms with Crippen LogP contribution in [-0.4, -0.2) is 36.9 Å². The maximum absolute atomic E-state index is 10.4. The predicted molar refractivity (Wildman–Crippen MR) is 42.1 cm³/mol. The molecule has 0 spiro atoms. The first-order valence-corrected chi connectivity index (χ1v) is 3.36. The van der Waals surface area contributed by atoms with Gasteiger partial charge in [-0.1, -0.05) is 0 Å². The SMILES string of the molecule is Cl.O=C(O)C1CCNCCO1. The van der Waals surface area contributed by atoms with Crippen LogP contribution in [0.25, 0.3) is 0 Å². The fourth-order valence-corrected chi connectivity index (χ4v) is 0.910. The average Bonchev–Trinajstić information content (AvgIpc) is 2.12. The van der Waals surface area contributed by atoms with Gasteiger partial charge in [-0.15, -0.1) is 12.4 Å². The third kappa shape index (κ3) is 3.55. The molecule has 0 radical (unpaired) electrons. The van der Waals surface area contributed by atoms with Crippen LogP contribution in [0.3, 0.4) is 0 Å². The van der Waals surface area contributed by atoms with Crippen molar-refractivity contribution in [1.29, 1.82) is 0 Å². The topological polar surface area (TPSA) is 58.6 Å². The van der Waals surface area contributed by atoms with Crippen molar-refractivity contribution in [1.82, 2.24) is 5.32 Å². The van der Waals surface area contributed by atoms with Gasteiger partial charge in [0.2, 0.25) is 0 Å². The number of carboxylic acid groups (broad SMARTS) is 1. The minimum absolute atomic E-state index is 0. The summed E-state index contributed by atoms with van der Waals surface area (Å²) in [5.74, 6) is -0.858. The first-order chi connectivity index (χ1) is 4.80. The minimum atomic E-state index is -0.858. The summed E-state index contributed by atoms with van der Waals surface area (Å²) < 4.78 is 5.00. The van der Waals surface area contributed by atoms with E-state index in [0.717, 1.165) is 13.1 Å². The highest BCUT2D eigenvalue weighted by molar-refractivity contribution is 5.85. The summed E-state index contributed by atoms with van der Waals surface area (Å²) in [5.41, 5.74) is 0. The van der Waals surface area contributed by atoms with Gasteiger partial charge in [-0.05, 0) is 13.0 Å². The lowest BCUT2D eigenvalue weighted by Gasteiger charge is -2.06. The fraction of sp³-hybridized carbons (Fsp3) is 0.833. The van der Waals surface area contributed by atoms with Crippen LogP contribution >= 0.6 is 12.4 Å². The monoisotopic (exact) mass is 181 g/mol. The van der Waals surface area contributed by atoms with Gasteiger partial charge in [0.25, 0.3) is 0 Å². The molecule has 1 heterocycles. The largest absolute Gasteiger partial charge is 0.479 e. The molecule has 0 aromatic heterocycles. The molecule has 1 atom stereocenters. The summed E-state index contributed by atoms with van der Waals surface area (Å²) in [7, 11) is 0. The van der Waals surface area contributed by atoms with Gasteiger partial charge < -0.3 is 15.2 Å². The van der Waals surface area contributed by atoms with Crippen molar-refractivity contribution >= 4 is 18.4 Å². The summed E-state index contributed by atoms with van der Waals surface area (Å²) in [6.45, 7) is 1.98. The van der Waals surface area contributed by atoms with Crippen molar-refractivity contribution < 1.29 is 14.6 Å². The number of carbonyl (C=O) groups is 1. The molecule has 1 aliphatic rings. The molecule has 0 amide bonds. The molecule has 11 heavy (non-hydrogen) atoms. The van der Waals surface area contributed by atoms with E-state index in [-0.39, 0.29) is 12.4 Å². The zero-order chi connectivity index (χ0) is 7.40. The maximum Gasteiger partial charge on any atom is 0.332 e. The molecule has 1 rings (SSSR count). The molecule has 1 aliphatic heterocycles. The van der Waals surface area contributed by atoms with Crippen LogP contribution in [0.15, 0.2) is 0 Å². The number of carboxylic acids is 1. The molecule has 66 valence electrons. The van der Waals surface area contributed by atoms with Gasteiger partial charge in [0.15, 0.2) is 6.10 Å². The van der Waals surface area contributed by atoms with E-state index in [4.69, 9.17) is 9.84 Å². The average molecular weight is 182 g/mol. The van der Waals surface area contributed by atoms with Gasteiger partial charge in [-0.2, -0.15) is 0 Å². The van der Waals surface area contributed by atoms with Crippen LogP contribution in [0.5, 0.6) is 0 Å². The molecule has 0 bridgehead atoms. The summed E-state index contributed by atoms with van der Waals surface area (Å²) >= 11 is 0. The summed E-state index contributed by atoms with van der Waals surface area (Å²) in [4.78, 5) is 10.4. The zero-order valence-electron chi connectivity index (χ0n) is 6.08. The number of halogens is 1. The van der Waals surface area contributed by atoms with Gasteiger partial charge in [-0.3, -0.25) is 0 Å². The van der Waals surface area contributed by atoms with Crippen LogP contribution in [0.1, 0.15) is 6.42 Å². The standard InChI is InChI=1S/C6H11NO3.ClH/c8-6(9)5-1-2-7-3-4-10-5;/h5,7H,1-4H2,(H,8,9);1H. The Labute approximate surface area is 71.3 Å². The highest BCUT2D eigenvalue weighted by atomic mass is 35.5. The lowest BCUT2D eigenvalue weighted by atomic mass is 10.2. The van der Waals surface area contributed by atoms with E-state index in [1.807, 2.05) is 0 Å². The van der Waals surface area contributed by atoms with Crippen molar-refractivity contribution in [3.8, 4) is 0 Å². The first kappa shape index (κ1) is 10.7. The Balaban J connectivity index is 0.000001000. The number of hydrogen-bond donors (Lipinski definition) is 2. The van der Waals surface area contributed by atoms with E-state index in [1.54, 1.807) is 0 Å². The van der Waals surface area contributed by atoms with Crippen LogP contribution < -0.4 is 5.32 Å². The van der Waals surface area contributed by atoms with E-state index in [0.29, 0.717) is 13.0 Å². The third-order valence-corrected chi connectivity index (χ3v) is 1.46. The van der Waals surface area contributed by atoms with Gasteiger partial charge >= 0.3 is 5.97 Å². The number of nitrogens with one attached hydrogen (secondary N) is 1. The Morgan fingerprint density at radius 3 is 2.91 bits per heavy atom. The van der Waals surface area contributed by atoms with E-state index in [1.165, 1.54) is 0 Å². The van der Waals surface area contributed by atoms with Crippen molar-refractivity contribution in [3.63, 3.8) is 0 Å². The quantitative estimate of drug-likeness (QED) is 0.592. The van der Waals surface area contributed by atoms with Gasteiger partial charge in [0.1, 0.15) is 0 Å². The van der Waals surface area contributed by atoms with E-state index >= 15 is 0 Å². The van der Waals surface area contributed by atoms with Crippen LogP contribution in [0, 0.1) is 0 Å².